The van der Waals surface area contributed by atoms with Crippen molar-refractivity contribution in [3.05, 3.63) is 122 Å². The summed E-state index contributed by atoms with van der Waals surface area (Å²) in [5.74, 6) is 2.69. The lowest BCUT2D eigenvalue weighted by atomic mass is 9.88. The Bertz CT molecular complexity index is 1400. The molecule has 0 unspecified atom stereocenters. The number of allylic oxidation sites excluding steroid dienone is 2. The number of benzene rings is 4. The van der Waals surface area contributed by atoms with Gasteiger partial charge in [-0.25, -0.2) is 0 Å². The SMILES string of the molecule is C=CC(=C)OCCOc1ccc2c(-c3c(C)ccc4cc(OCCOC(=C)C=C)ccc34)c(C)ccc2c1. The van der Waals surface area contributed by atoms with Crippen LogP contribution in [0.2, 0.25) is 0 Å². The highest BCUT2D eigenvalue weighted by Gasteiger charge is 2.15. The van der Waals surface area contributed by atoms with Crippen LogP contribution in [0.25, 0.3) is 32.7 Å². The topological polar surface area (TPSA) is 36.9 Å². The Morgan fingerprint density at radius 1 is 0.605 bits per heavy atom. The highest BCUT2D eigenvalue weighted by Crippen LogP contribution is 2.40. The van der Waals surface area contributed by atoms with Crippen LogP contribution in [-0.4, -0.2) is 26.4 Å². The first kappa shape index (κ1) is 26.6. The molecule has 0 fully saturated rings. The van der Waals surface area contributed by atoms with E-state index in [0.717, 1.165) is 22.3 Å². The molecule has 0 N–H and O–H groups in total. The fraction of sp³-hybridized carbons (Fsp3) is 0.176. The van der Waals surface area contributed by atoms with Crippen molar-refractivity contribution in [2.75, 3.05) is 26.4 Å². The van der Waals surface area contributed by atoms with Gasteiger partial charge in [0.05, 0.1) is 0 Å². The molecular formula is C34H34O4. The fourth-order valence-corrected chi connectivity index (χ4v) is 4.46. The zero-order valence-electron chi connectivity index (χ0n) is 22.2. The van der Waals surface area contributed by atoms with Crippen molar-refractivity contribution < 1.29 is 18.9 Å². The Hall–Kier alpha value is -4.44. The summed E-state index contributed by atoms with van der Waals surface area (Å²) in [5, 5.41) is 4.61. The number of aryl methyl sites for hydroxylation is 2. The molecule has 4 nitrogen and oxygen atoms in total. The van der Waals surface area contributed by atoms with Crippen LogP contribution in [0.15, 0.2) is 111 Å². The lowest BCUT2D eigenvalue weighted by Crippen LogP contribution is -2.05. The van der Waals surface area contributed by atoms with E-state index in [1.165, 1.54) is 33.0 Å². The summed E-state index contributed by atoms with van der Waals surface area (Å²) in [6.07, 6.45) is 3.17. The predicted octanol–water partition coefficient (Wildman–Crippen LogP) is 8.47. The molecular weight excluding hydrogens is 472 g/mol. The van der Waals surface area contributed by atoms with E-state index in [9.17, 15) is 0 Å². The van der Waals surface area contributed by atoms with Gasteiger partial charge in [-0.3, -0.25) is 0 Å². The zero-order valence-corrected chi connectivity index (χ0v) is 22.2. The molecule has 38 heavy (non-hydrogen) atoms. The molecule has 4 aromatic rings. The molecule has 0 heterocycles. The van der Waals surface area contributed by atoms with Crippen molar-refractivity contribution in [1.82, 2.24) is 0 Å². The maximum absolute atomic E-state index is 5.92. The molecule has 0 atom stereocenters. The summed E-state index contributed by atoms with van der Waals surface area (Å²) >= 11 is 0. The molecule has 4 aromatic carbocycles. The van der Waals surface area contributed by atoms with Crippen LogP contribution in [0.5, 0.6) is 11.5 Å². The summed E-state index contributed by atoms with van der Waals surface area (Å²) in [6, 6.07) is 21.1. The van der Waals surface area contributed by atoms with Crippen molar-refractivity contribution in [3.8, 4) is 22.6 Å². The van der Waals surface area contributed by atoms with E-state index in [0.29, 0.717) is 37.9 Å². The second-order valence-electron chi connectivity index (χ2n) is 9.02. The molecule has 0 saturated heterocycles. The molecule has 0 spiro atoms. The maximum atomic E-state index is 5.92. The standard InChI is InChI=1S/C34H34O4/c1-7-25(5)35-17-19-37-29-13-15-31-27(21-29)11-9-23(3)33(31)34-24(4)10-12-28-22-30(14-16-32(28)34)38-20-18-36-26(6)8-2/h7-16,21-22H,1-2,5-6,17-20H2,3-4H3. The average Bonchev–Trinajstić information content (AvgIpc) is 2.93. The molecule has 0 aliphatic rings. The first-order valence-corrected chi connectivity index (χ1v) is 12.6. The summed E-state index contributed by atoms with van der Waals surface area (Å²) in [6.45, 7) is 20.8. The van der Waals surface area contributed by atoms with Gasteiger partial charge in [0.2, 0.25) is 0 Å². The van der Waals surface area contributed by atoms with E-state index in [4.69, 9.17) is 18.9 Å². The second kappa shape index (κ2) is 12.2. The molecule has 194 valence electrons. The highest BCUT2D eigenvalue weighted by molar-refractivity contribution is 6.08. The largest absolute Gasteiger partial charge is 0.491 e. The Balaban J connectivity index is 1.62. The Labute approximate surface area is 225 Å². The number of rotatable bonds is 13. The first-order chi connectivity index (χ1) is 18.4. The van der Waals surface area contributed by atoms with Crippen LogP contribution in [0.3, 0.4) is 0 Å². The quantitative estimate of drug-likeness (QED) is 0.104. The summed E-state index contributed by atoms with van der Waals surface area (Å²) in [7, 11) is 0. The van der Waals surface area contributed by atoms with Crippen LogP contribution in [0, 0.1) is 13.8 Å². The lowest BCUT2D eigenvalue weighted by molar-refractivity contribution is 0.165. The van der Waals surface area contributed by atoms with Crippen molar-refractivity contribution in [2.45, 2.75) is 13.8 Å². The van der Waals surface area contributed by atoms with Gasteiger partial charge in [-0.15, -0.1) is 0 Å². The lowest BCUT2D eigenvalue weighted by Gasteiger charge is -2.17. The van der Waals surface area contributed by atoms with Crippen LogP contribution < -0.4 is 9.47 Å². The highest BCUT2D eigenvalue weighted by atomic mass is 16.5. The predicted molar refractivity (Wildman–Crippen MR) is 158 cm³/mol. The van der Waals surface area contributed by atoms with Crippen LogP contribution in [-0.2, 0) is 9.47 Å². The van der Waals surface area contributed by atoms with Gasteiger partial charge >= 0.3 is 0 Å². The van der Waals surface area contributed by atoms with E-state index in [-0.39, 0.29) is 0 Å². The molecule has 4 heteroatoms. The molecule has 0 saturated carbocycles. The van der Waals surface area contributed by atoms with Gasteiger partial charge in [0.15, 0.2) is 0 Å². The minimum Gasteiger partial charge on any atom is -0.491 e. The molecule has 0 aromatic heterocycles. The Morgan fingerprint density at radius 2 is 1.03 bits per heavy atom. The number of fused-ring (bicyclic) bond motifs is 2. The van der Waals surface area contributed by atoms with E-state index in [1.807, 2.05) is 12.1 Å². The van der Waals surface area contributed by atoms with Gasteiger partial charge in [0.1, 0.15) is 49.4 Å². The normalized spacial score (nSPS) is 10.7. The third kappa shape index (κ3) is 6.09. The van der Waals surface area contributed by atoms with Gasteiger partial charge in [-0.2, -0.15) is 0 Å². The molecule has 4 rings (SSSR count). The zero-order chi connectivity index (χ0) is 27.1. The van der Waals surface area contributed by atoms with Gasteiger partial charge < -0.3 is 18.9 Å². The second-order valence-corrected chi connectivity index (χ2v) is 9.02. The van der Waals surface area contributed by atoms with Crippen LogP contribution in [0.4, 0.5) is 0 Å². The van der Waals surface area contributed by atoms with Crippen molar-refractivity contribution in [2.24, 2.45) is 0 Å². The van der Waals surface area contributed by atoms with E-state index in [2.05, 4.69) is 88.7 Å². The average molecular weight is 507 g/mol. The minimum atomic E-state index is 0.417. The van der Waals surface area contributed by atoms with Crippen LogP contribution >= 0.6 is 0 Å². The van der Waals surface area contributed by atoms with Gasteiger partial charge in [0.25, 0.3) is 0 Å². The monoisotopic (exact) mass is 506 g/mol. The smallest absolute Gasteiger partial charge is 0.122 e. The molecule has 0 aliphatic carbocycles. The Kier molecular flexibility index (Phi) is 8.55. The third-order valence-corrected chi connectivity index (χ3v) is 6.38. The summed E-state index contributed by atoms with van der Waals surface area (Å²) in [4.78, 5) is 0. The minimum absolute atomic E-state index is 0.417. The summed E-state index contributed by atoms with van der Waals surface area (Å²) in [5.41, 5.74) is 4.90. The first-order valence-electron chi connectivity index (χ1n) is 12.6. The molecule has 0 amide bonds. The maximum Gasteiger partial charge on any atom is 0.122 e. The fourth-order valence-electron chi connectivity index (χ4n) is 4.46. The van der Waals surface area contributed by atoms with E-state index in [1.54, 1.807) is 12.2 Å². The van der Waals surface area contributed by atoms with Crippen molar-refractivity contribution >= 4 is 21.5 Å². The van der Waals surface area contributed by atoms with E-state index >= 15 is 0 Å². The van der Waals surface area contributed by atoms with Crippen LogP contribution in [0.1, 0.15) is 11.1 Å². The Morgan fingerprint density at radius 3 is 1.42 bits per heavy atom. The van der Waals surface area contributed by atoms with Gasteiger partial charge in [0, 0.05) is 0 Å². The third-order valence-electron chi connectivity index (χ3n) is 6.38. The van der Waals surface area contributed by atoms with Gasteiger partial charge in [-0.05, 0) is 94.1 Å². The van der Waals surface area contributed by atoms with Crippen molar-refractivity contribution in [3.63, 3.8) is 0 Å². The molecule has 0 bridgehead atoms. The number of ether oxygens (including phenoxy) is 4. The molecule has 0 aliphatic heterocycles. The number of hydrogen-bond acceptors (Lipinski definition) is 4. The van der Waals surface area contributed by atoms with E-state index < -0.39 is 0 Å². The number of hydrogen-bond donors (Lipinski definition) is 0. The molecule has 0 radical (unpaired) electrons. The van der Waals surface area contributed by atoms with Crippen molar-refractivity contribution in [1.29, 1.82) is 0 Å². The van der Waals surface area contributed by atoms with Gasteiger partial charge in [-0.1, -0.05) is 62.7 Å². The summed E-state index contributed by atoms with van der Waals surface area (Å²) < 4.78 is 22.7.